The van der Waals surface area contributed by atoms with Crippen LogP contribution in [0.3, 0.4) is 0 Å². The van der Waals surface area contributed by atoms with Crippen molar-refractivity contribution >= 4 is 0 Å². The van der Waals surface area contributed by atoms with Crippen LogP contribution in [0.1, 0.15) is 26.2 Å². The van der Waals surface area contributed by atoms with Gasteiger partial charge in [-0.25, -0.2) is 0 Å². The van der Waals surface area contributed by atoms with Gasteiger partial charge in [-0.1, -0.05) is 25.2 Å². The van der Waals surface area contributed by atoms with E-state index in [-0.39, 0.29) is 6.10 Å². The highest BCUT2D eigenvalue weighted by molar-refractivity contribution is 4.84. The zero-order valence-electron chi connectivity index (χ0n) is 6.59. The van der Waals surface area contributed by atoms with E-state index in [2.05, 4.69) is 25.7 Å². The fourth-order valence-electron chi connectivity index (χ4n) is 0.669. The van der Waals surface area contributed by atoms with Crippen molar-refractivity contribution in [3.8, 4) is 0 Å². The molecule has 0 fully saturated rings. The topological polar surface area (TPSA) is 20.2 Å². The first-order valence-corrected chi connectivity index (χ1v) is 3.76. The molecule has 0 aliphatic carbocycles. The van der Waals surface area contributed by atoms with Gasteiger partial charge in [-0.15, -0.1) is 6.58 Å². The van der Waals surface area contributed by atoms with Crippen LogP contribution in [0.5, 0.6) is 0 Å². The predicted octanol–water partition coefficient (Wildman–Crippen LogP) is 2.28. The minimum absolute atomic E-state index is 0.332. The number of allylic oxidation sites excluding steroid dienone is 2. The number of aliphatic hydroxyl groups excluding tert-OH is 1. The van der Waals surface area contributed by atoms with Crippen LogP contribution in [0.15, 0.2) is 24.8 Å². The second kappa shape index (κ2) is 6.56. The van der Waals surface area contributed by atoms with E-state index < -0.39 is 0 Å². The van der Waals surface area contributed by atoms with E-state index >= 15 is 0 Å². The molecule has 1 heteroatoms. The monoisotopic (exact) mass is 140 g/mol. The molecule has 0 aromatic rings. The lowest BCUT2D eigenvalue weighted by Gasteiger charge is -1.99. The molecule has 0 radical (unpaired) electrons. The quantitative estimate of drug-likeness (QED) is 0.581. The Labute approximate surface area is 63.1 Å². The van der Waals surface area contributed by atoms with Gasteiger partial charge in [-0.3, -0.25) is 0 Å². The van der Waals surface area contributed by atoms with Crippen LogP contribution in [-0.2, 0) is 0 Å². The summed E-state index contributed by atoms with van der Waals surface area (Å²) in [5.74, 6) is 0. The zero-order chi connectivity index (χ0) is 7.82. The van der Waals surface area contributed by atoms with E-state index in [1.807, 2.05) is 0 Å². The first-order valence-electron chi connectivity index (χ1n) is 3.76. The summed E-state index contributed by atoms with van der Waals surface area (Å²) in [6.45, 7) is 5.58. The Morgan fingerprint density at radius 2 is 2.20 bits per heavy atom. The second-order valence-corrected chi connectivity index (χ2v) is 2.26. The van der Waals surface area contributed by atoms with Crippen LogP contribution in [0, 0.1) is 0 Å². The Morgan fingerprint density at radius 1 is 1.50 bits per heavy atom. The smallest absolute Gasteiger partial charge is 0.0721 e. The molecule has 0 bridgehead atoms. The van der Waals surface area contributed by atoms with Crippen LogP contribution in [0.25, 0.3) is 0 Å². The third-order valence-electron chi connectivity index (χ3n) is 1.30. The molecule has 10 heavy (non-hydrogen) atoms. The van der Waals surface area contributed by atoms with Gasteiger partial charge < -0.3 is 5.11 Å². The van der Waals surface area contributed by atoms with Crippen LogP contribution >= 0.6 is 0 Å². The van der Waals surface area contributed by atoms with E-state index in [0.29, 0.717) is 0 Å². The van der Waals surface area contributed by atoms with E-state index in [4.69, 9.17) is 5.11 Å². The average Bonchev–Trinajstić information content (AvgIpc) is 1.98. The highest BCUT2D eigenvalue weighted by atomic mass is 16.3. The van der Waals surface area contributed by atoms with Crippen molar-refractivity contribution in [1.29, 1.82) is 0 Å². The Kier molecular flexibility index (Phi) is 6.19. The largest absolute Gasteiger partial charge is 0.389 e. The van der Waals surface area contributed by atoms with Gasteiger partial charge in [0.2, 0.25) is 0 Å². The maximum Gasteiger partial charge on any atom is 0.0721 e. The molecule has 0 saturated heterocycles. The molecule has 1 atom stereocenters. The van der Waals surface area contributed by atoms with E-state index in [1.54, 1.807) is 6.08 Å². The van der Waals surface area contributed by atoms with Crippen molar-refractivity contribution in [3.05, 3.63) is 24.8 Å². The molecule has 0 amide bonds. The van der Waals surface area contributed by atoms with Crippen molar-refractivity contribution in [2.75, 3.05) is 0 Å². The summed E-state index contributed by atoms with van der Waals surface area (Å²) in [6, 6.07) is 0. The minimum atomic E-state index is -0.332. The molecule has 1 nitrogen and oxygen atoms in total. The molecule has 0 aromatic heterocycles. The molecule has 0 heterocycles. The number of hydrogen-bond acceptors (Lipinski definition) is 1. The zero-order valence-corrected chi connectivity index (χ0v) is 6.59. The summed E-state index contributed by atoms with van der Waals surface area (Å²) < 4.78 is 0. The Balaban J connectivity index is 3.18. The van der Waals surface area contributed by atoms with Crippen molar-refractivity contribution in [3.63, 3.8) is 0 Å². The fourth-order valence-corrected chi connectivity index (χ4v) is 0.669. The van der Waals surface area contributed by atoms with Gasteiger partial charge in [0.15, 0.2) is 0 Å². The molecule has 58 valence electrons. The lowest BCUT2D eigenvalue weighted by Crippen LogP contribution is -1.99. The molecule has 0 aliphatic rings. The summed E-state index contributed by atoms with van der Waals surface area (Å²) >= 11 is 0. The minimum Gasteiger partial charge on any atom is -0.389 e. The molecule has 1 unspecified atom stereocenters. The first kappa shape index (κ1) is 9.44. The average molecular weight is 140 g/mol. The maximum absolute atomic E-state index is 9.01. The van der Waals surface area contributed by atoms with Crippen LogP contribution in [0.4, 0.5) is 0 Å². The standard InChI is InChI=1S/C9H16O/c1-3-5-6-7-8-9(10)4-2/h4-6,9-10H,2-3,7-8H2,1H3/b6-5+. The molecular formula is C9H16O. The molecule has 1 N–H and O–H groups in total. The normalized spacial score (nSPS) is 13.8. The van der Waals surface area contributed by atoms with Crippen molar-refractivity contribution < 1.29 is 5.11 Å². The Bertz CT molecular complexity index is 105. The van der Waals surface area contributed by atoms with Crippen LogP contribution < -0.4 is 0 Å². The number of hydrogen-bond donors (Lipinski definition) is 1. The van der Waals surface area contributed by atoms with E-state index in [0.717, 1.165) is 19.3 Å². The lowest BCUT2D eigenvalue weighted by molar-refractivity contribution is 0.214. The summed E-state index contributed by atoms with van der Waals surface area (Å²) in [7, 11) is 0. The summed E-state index contributed by atoms with van der Waals surface area (Å²) in [4.78, 5) is 0. The Morgan fingerprint density at radius 3 is 2.70 bits per heavy atom. The molecule has 0 aliphatic heterocycles. The third kappa shape index (κ3) is 5.57. The van der Waals surface area contributed by atoms with Crippen molar-refractivity contribution in [1.82, 2.24) is 0 Å². The number of rotatable bonds is 5. The van der Waals surface area contributed by atoms with E-state index in [9.17, 15) is 0 Å². The van der Waals surface area contributed by atoms with Crippen molar-refractivity contribution in [2.45, 2.75) is 32.3 Å². The third-order valence-corrected chi connectivity index (χ3v) is 1.30. The van der Waals surface area contributed by atoms with Crippen LogP contribution in [-0.4, -0.2) is 11.2 Å². The van der Waals surface area contributed by atoms with Gasteiger partial charge in [0.1, 0.15) is 0 Å². The van der Waals surface area contributed by atoms with E-state index in [1.165, 1.54) is 0 Å². The molecule has 0 saturated carbocycles. The molecule has 0 spiro atoms. The van der Waals surface area contributed by atoms with Gasteiger partial charge in [-0.2, -0.15) is 0 Å². The van der Waals surface area contributed by atoms with Gasteiger partial charge in [0.05, 0.1) is 6.10 Å². The molecule has 0 rings (SSSR count). The van der Waals surface area contributed by atoms with Crippen LogP contribution in [0.2, 0.25) is 0 Å². The Hall–Kier alpha value is -0.560. The highest BCUT2D eigenvalue weighted by Gasteiger charge is 1.92. The molecule has 0 aromatic carbocycles. The lowest BCUT2D eigenvalue weighted by atomic mass is 10.2. The maximum atomic E-state index is 9.01. The van der Waals surface area contributed by atoms with Gasteiger partial charge in [0.25, 0.3) is 0 Å². The molecular weight excluding hydrogens is 124 g/mol. The van der Waals surface area contributed by atoms with Gasteiger partial charge >= 0.3 is 0 Å². The van der Waals surface area contributed by atoms with Crippen molar-refractivity contribution in [2.24, 2.45) is 0 Å². The SMILES string of the molecule is C=CC(O)CC/C=C/CC. The number of aliphatic hydroxyl groups is 1. The fraction of sp³-hybridized carbons (Fsp3) is 0.556. The highest BCUT2D eigenvalue weighted by Crippen LogP contribution is 1.98. The summed E-state index contributed by atoms with van der Waals surface area (Å²) in [5.41, 5.74) is 0. The van der Waals surface area contributed by atoms with Gasteiger partial charge in [-0.05, 0) is 19.3 Å². The first-order chi connectivity index (χ1) is 4.81. The second-order valence-electron chi connectivity index (χ2n) is 2.26. The summed E-state index contributed by atoms with van der Waals surface area (Å²) in [6.07, 6.45) is 8.24. The summed E-state index contributed by atoms with van der Waals surface area (Å²) in [5, 5.41) is 9.01. The van der Waals surface area contributed by atoms with Gasteiger partial charge in [0, 0.05) is 0 Å². The predicted molar refractivity (Wildman–Crippen MR) is 44.9 cm³/mol.